The Morgan fingerprint density at radius 2 is 1.05 bits per heavy atom. The van der Waals surface area contributed by atoms with E-state index in [-0.39, 0.29) is 0 Å². The molecule has 0 atom stereocenters. The molecule has 0 spiro atoms. The summed E-state index contributed by atoms with van der Waals surface area (Å²) >= 11 is 0. The van der Waals surface area contributed by atoms with Gasteiger partial charge in [-0.3, -0.25) is 13.8 Å². The fourth-order valence-corrected chi connectivity index (χ4v) is 8.90. The van der Waals surface area contributed by atoms with Crippen molar-refractivity contribution in [2.24, 2.45) is 0 Å². The molecule has 0 fully saturated rings. The first-order valence-corrected chi connectivity index (χ1v) is 19.1. The topological polar surface area (TPSA) is 56.7 Å². The average molecular weight is 712 g/mol. The summed E-state index contributed by atoms with van der Waals surface area (Å²) in [7, 11) is 0. The number of aromatic nitrogens is 5. The number of pyridine rings is 3. The van der Waals surface area contributed by atoms with E-state index < -0.39 is 0 Å². The van der Waals surface area contributed by atoms with Gasteiger partial charge in [0.25, 0.3) is 0 Å². The molecule has 0 aliphatic carbocycles. The molecule has 6 heteroatoms. The third-order valence-corrected chi connectivity index (χ3v) is 11.3. The summed E-state index contributed by atoms with van der Waals surface area (Å²) in [4.78, 5) is 14.9. The minimum Gasteiger partial charge on any atom is -0.457 e. The highest BCUT2D eigenvalue weighted by Gasteiger charge is 2.22. The van der Waals surface area contributed by atoms with Crippen molar-refractivity contribution in [2.45, 2.75) is 39.5 Å². The second-order valence-corrected chi connectivity index (χ2v) is 15.2. The Balaban J connectivity index is 1.16. The van der Waals surface area contributed by atoms with Gasteiger partial charge in [0.2, 0.25) is 0 Å². The normalized spacial score (nSPS) is 12.3. The van der Waals surface area contributed by atoms with E-state index in [4.69, 9.17) is 14.7 Å². The van der Waals surface area contributed by atoms with Crippen molar-refractivity contribution < 1.29 is 4.74 Å². The Morgan fingerprint density at radius 3 is 1.71 bits per heavy atom. The first-order valence-electron chi connectivity index (χ1n) is 19.1. The lowest BCUT2D eigenvalue weighted by Gasteiger charge is -2.22. The van der Waals surface area contributed by atoms with Gasteiger partial charge in [0.1, 0.15) is 22.8 Å². The SMILES string of the molecule is CC(C)c1cccc(C(C)C)c1-c1cccc2c1c1ccc(Oc3ccc4c5cnccc5n5c6ccccc6nc5c4c3)cc1c1nc3ccccc3n21. The maximum Gasteiger partial charge on any atom is 0.146 e. The summed E-state index contributed by atoms with van der Waals surface area (Å²) < 4.78 is 11.4. The lowest BCUT2D eigenvalue weighted by atomic mass is 9.83. The third kappa shape index (κ3) is 4.64. The molecule has 0 saturated heterocycles. The minimum atomic E-state index is 0.367. The second-order valence-electron chi connectivity index (χ2n) is 15.2. The van der Waals surface area contributed by atoms with Crippen LogP contribution in [-0.2, 0) is 0 Å². The van der Waals surface area contributed by atoms with Crippen molar-refractivity contribution in [1.29, 1.82) is 0 Å². The van der Waals surface area contributed by atoms with E-state index >= 15 is 0 Å². The lowest BCUT2D eigenvalue weighted by molar-refractivity contribution is 0.484. The molecule has 55 heavy (non-hydrogen) atoms. The van der Waals surface area contributed by atoms with E-state index in [1.165, 1.54) is 27.6 Å². The van der Waals surface area contributed by atoms with Crippen LogP contribution in [0.3, 0.4) is 0 Å². The van der Waals surface area contributed by atoms with E-state index in [0.29, 0.717) is 11.8 Å². The van der Waals surface area contributed by atoms with Gasteiger partial charge in [-0.05, 0) is 118 Å². The monoisotopic (exact) mass is 711 g/mol. The molecule has 6 nitrogen and oxygen atoms in total. The predicted octanol–water partition coefficient (Wildman–Crippen LogP) is 13.0. The molecule has 0 amide bonds. The van der Waals surface area contributed by atoms with Crippen molar-refractivity contribution in [3.63, 3.8) is 0 Å². The molecule has 264 valence electrons. The van der Waals surface area contributed by atoms with Crippen molar-refractivity contribution >= 4 is 76.7 Å². The Bertz CT molecular complexity index is 3340. The van der Waals surface area contributed by atoms with E-state index in [1.807, 2.05) is 24.5 Å². The highest BCUT2D eigenvalue weighted by Crippen LogP contribution is 2.44. The predicted molar refractivity (Wildman–Crippen MR) is 227 cm³/mol. The van der Waals surface area contributed by atoms with Gasteiger partial charge in [0.05, 0.1) is 33.1 Å². The summed E-state index contributed by atoms with van der Waals surface area (Å²) in [6.07, 6.45) is 3.79. The second kappa shape index (κ2) is 11.9. The van der Waals surface area contributed by atoms with Gasteiger partial charge in [-0.1, -0.05) is 82.3 Å². The summed E-state index contributed by atoms with van der Waals surface area (Å²) in [6, 6.07) is 45.1. The minimum absolute atomic E-state index is 0.367. The Labute approximate surface area is 317 Å². The van der Waals surface area contributed by atoms with Crippen LogP contribution < -0.4 is 4.74 Å². The smallest absolute Gasteiger partial charge is 0.146 e. The number of nitrogens with zero attached hydrogens (tertiary/aromatic N) is 5. The first-order chi connectivity index (χ1) is 26.9. The molecule has 11 rings (SSSR count). The van der Waals surface area contributed by atoms with Crippen molar-refractivity contribution in [2.75, 3.05) is 0 Å². The molecule has 0 aliphatic rings. The van der Waals surface area contributed by atoms with Gasteiger partial charge in [-0.25, -0.2) is 9.97 Å². The molecule has 5 aromatic heterocycles. The van der Waals surface area contributed by atoms with Crippen LogP contribution in [0.2, 0.25) is 0 Å². The lowest BCUT2D eigenvalue weighted by Crippen LogP contribution is -2.01. The molecule has 0 aliphatic heterocycles. The number of hydrogen-bond acceptors (Lipinski definition) is 4. The fourth-order valence-electron chi connectivity index (χ4n) is 8.90. The molecule has 0 N–H and O–H groups in total. The van der Waals surface area contributed by atoms with Gasteiger partial charge < -0.3 is 4.74 Å². The van der Waals surface area contributed by atoms with Crippen LogP contribution in [-0.4, -0.2) is 23.8 Å². The molecule has 0 unspecified atom stereocenters. The standard InChI is InChI=1S/C49H37N5O/c1-28(2)32-11-9-12-33(29(3)4)46(32)36-13-10-18-45-47(36)35-22-20-31(26-38(35)49-52-41-15-6-8-17-44(41)54(45)49)55-30-19-21-34-37(25-30)48-51-40-14-5-7-16-43(40)53(48)42-23-24-50-27-39(34)42/h5-29H,1-4H3. The van der Waals surface area contributed by atoms with Crippen LogP contribution in [0.4, 0.5) is 0 Å². The molecule has 0 saturated carbocycles. The van der Waals surface area contributed by atoms with E-state index in [1.54, 1.807) is 0 Å². The number of para-hydroxylation sites is 4. The third-order valence-electron chi connectivity index (χ3n) is 11.3. The van der Waals surface area contributed by atoms with E-state index in [0.717, 1.165) is 82.8 Å². The highest BCUT2D eigenvalue weighted by molar-refractivity contribution is 6.19. The van der Waals surface area contributed by atoms with Crippen LogP contribution >= 0.6 is 0 Å². The Morgan fingerprint density at radius 1 is 0.491 bits per heavy atom. The number of hydrogen-bond donors (Lipinski definition) is 0. The maximum absolute atomic E-state index is 6.79. The van der Waals surface area contributed by atoms with Crippen LogP contribution in [0.1, 0.15) is 50.7 Å². The van der Waals surface area contributed by atoms with Crippen molar-refractivity contribution in [1.82, 2.24) is 23.8 Å². The Kier molecular flexibility index (Phi) is 6.84. The van der Waals surface area contributed by atoms with Gasteiger partial charge in [0.15, 0.2) is 0 Å². The number of ether oxygens (including phenoxy) is 1. The van der Waals surface area contributed by atoms with Gasteiger partial charge >= 0.3 is 0 Å². The zero-order chi connectivity index (χ0) is 36.9. The zero-order valence-electron chi connectivity index (χ0n) is 31.1. The molecule has 5 heterocycles. The Hall–Kier alpha value is -6.79. The summed E-state index contributed by atoms with van der Waals surface area (Å²) in [5.41, 5.74) is 13.4. The quantitative estimate of drug-likeness (QED) is 0.167. The highest BCUT2D eigenvalue weighted by atomic mass is 16.5. The fraction of sp³-hybridized carbons (Fsp3) is 0.122. The largest absolute Gasteiger partial charge is 0.457 e. The molecule has 0 bridgehead atoms. The van der Waals surface area contributed by atoms with Gasteiger partial charge in [0, 0.05) is 33.9 Å². The van der Waals surface area contributed by atoms with Gasteiger partial charge in [-0.15, -0.1) is 0 Å². The number of imidazole rings is 2. The van der Waals surface area contributed by atoms with Crippen LogP contribution in [0, 0.1) is 0 Å². The van der Waals surface area contributed by atoms with E-state index in [2.05, 4.69) is 157 Å². The van der Waals surface area contributed by atoms with E-state index in [9.17, 15) is 0 Å². The summed E-state index contributed by atoms with van der Waals surface area (Å²) in [5, 5.41) is 6.58. The molecular weight excluding hydrogens is 675 g/mol. The zero-order valence-corrected chi connectivity index (χ0v) is 31.1. The summed E-state index contributed by atoms with van der Waals surface area (Å²) in [6.45, 7) is 9.18. The molecule has 0 radical (unpaired) electrons. The number of fused-ring (bicyclic) bond motifs is 16. The first kappa shape index (κ1) is 31.7. The van der Waals surface area contributed by atoms with Crippen molar-refractivity contribution in [3.05, 3.63) is 151 Å². The van der Waals surface area contributed by atoms with Gasteiger partial charge in [-0.2, -0.15) is 0 Å². The summed E-state index contributed by atoms with van der Waals surface area (Å²) in [5.74, 6) is 2.22. The number of rotatable bonds is 5. The maximum atomic E-state index is 6.79. The molecule has 6 aromatic carbocycles. The van der Waals surface area contributed by atoms with Crippen LogP contribution in [0.25, 0.3) is 87.8 Å². The number of benzene rings is 6. The average Bonchev–Trinajstić information content (AvgIpc) is 3.81. The van der Waals surface area contributed by atoms with Crippen molar-refractivity contribution in [3.8, 4) is 22.6 Å². The van der Waals surface area contributed by atoms with Crippen LogP contribution in [0.5, 0.6) is 11.5 Å². The van der Waals surface area contributed by atoms with Crippen LogP contribution in [0.15, 0.2) is 140 Å². The molecule has 11 aromatic rings. The molecular formula is C49H37N5O.